The third-order valence-electron chi connectivity index (χ3n) is 8.51. The number of rotatable bonds is 5. The van der Waals surface area contributed by atoms with Crippen LogP contribution in [-0.2, 0) is 10.2 Å². The van der Waals surface area contributed by atoms with E-state index in [1.54, 1.807) is 12.0 Å². The Morgan fingerprint density at radius 3 is 2.51 bits per heavy atom. The first-order valence-corrected chi connectivity index (χ1v) is 13.1. The molecule has 7 nitrogen and oxygen atoms in total. The normalized spacial score (nSPS) is 20.8. The number of carbonyl (C=O) groups excluding carboxylic acids is 2. The van der Waals surface area contributed by atoms with E-state index in [1.165, 1.54) is 24.3 Å². The van der Waals surface area contributed by atoms with Crippen LogP contribution in [0.4, 0.5) is 4.39 Å². The maximum Gasteiger partial charge on any atom is 0.254 e. The predicted octanol–water partition coefficient (Wildman–Crippen LogP) is 4.17. The molecule has 194 valence electrons. The van der Waals surface area contributed by atoms with Gasteiger partial charge in [0.2, 0.25) is 5.91 Å². The summed E-state index contributed by atoms with van der Waals surface area (Å²) >= 11 is 0. The van der Waals surface area contributed by atoms with Gasteiger partial charge in [-0.2, -0.15) is 0 Å². The number of hydrogen-bond acceptors (Lipinski definition) is 4. The minimum Gasteiger partial charge on any atom is -0.497 e. The largest absolute Gasteiger partial charge is 0.497 e. The van der Waals surface area contributed by atoms with Crippen molar-refractivity contribution in [3.8, 4) is 5.75 Å². The van der Waals surface area contributed by atoms with Crippen molar-refractivity contribution in [2.24, 2.45) is 5.92 Å². The first kappa shape index (κ1) is 24.0. The van der Waals surface area contributed by atoms with Crippen LogP contribution in [0, 0.1) is 11.7 Å². The van der Waals surface area contributed by atoms with Crippen LogP contribution in [-0.4, -0.2) is 65.1 Å². The average molecular weight is 506 g/mol. The molecule has 3 aliphatic rings. The highest BCUT2D eigenvalue weighted by molar-refractivity contribution is 5.96. The number of likely N-dealkylation sites (tertiary alicyclic amines) is 1. The summed E-state index contributed by atoms with van der Waals surface area (Å²) in [6.45, 7) is 1.45. The summed E-state index contributed by atoms with van der Waals surface area (Å²) in [5.74, 6) is 0.848. The smallest absolute Gasteiger partial charge is 0.254 e. The second-order valence-electron chi connectivity index (χ2n) is 10.8. The van der Waals surface area contributed by atoms with Crippen LogP contribution in [0.5, 0.6) is 5.75 Å². The summed E-state index contributed by atoms with van der Waals surface area (Å²) in [5, 5.41) is 11.6. The number of nitrogens with zero attached hydrogens (tertiary/aromatic N) is 2. The number of aromatic nitrogens is 1. The van der Waals surface area contributed by atoms with E-state index in [0.29, 0.717) is 37.5 Å². The Bertz CT molecular complexity index is 1340. The van der Waals surface area contributed by atoms with E-state index in [2.05, 4.69) is 4.98 Å². The van der Waals surface area contributed by atoms with Crippen molar-refractivity contribution in [1.29, 1.82) is 0 Å². The van der Waals surface area contributed by atoms with Gasteiger partial charge in [0.15, 0.2) is 0 Å². The number of H-pyrrole nitrogens is 1. The van der Waals surface area contributed by atoms with Crippen molar-refractivity contribution in [1.82, 2.24) is 14.8 Å². The SMILES string of the molecule is COc1ccc2c3c([nH]c2c1)[C@H](CO)N(C(=O)c1ccc(F)cc1)CC31CCN(C(=O)CC2CC2)CC1. The number of aliphatic hydroxyl groups excluding tert-OH is 1. The molecule has 1 saturated carbocycles. The van der Waals surface area contributed by atoms with Gasteiger partial charge in [-0.1, -0.05) is 0 Å². The minimum absolute atomic E-state index is 0.226. The molecule has 6 rings (SSSR count). The lowest BCUT2D eigenvalue weighted by Gasteiger charge is -2.50. The van der Waals surface area contributed by atoms with Crippen molar-refractivity contribution in [3.63, 3.8) is 0 Å². The zero-order valence-corrected chi connectivity index (χ0v) is 21.0. The van der Waals surface area contributed by atoms with Crippen LogP contribution < -0.4 is 4.74 Å². The fraction of sp³-hybridized carbons (Fsp3) is 0.448. The highest BCUT2D eigenvalue weighted by Gasteiger charge is 2.49. The number of hydrogen-bond donors (Lipinski definition) is 2. The van der Waals surface area contributed by atoms with Crippen molar-refractivity contribution < 1.29 is 23.8 Å². The van der Waals surface area contributed by atoms with Crippen LogP contribution in [0.25, 0.3) is 10.9 Å². The number of piperidine rings is 1. The topological polar surface area (TPSA) is 85.9 Å². The maximum absolute atomic E-state index is 13.7. The van der Waals surface area contributed by atoms with Gasteiger partial charge in [-0.05, 0) is 73.6 Å². The van der Waals surface area contributed by atoms with E-state index in [9.17, 15) is 19.1 Å². The van der Waals surface area contributed by atoms with Gasteiger partial charge in [-0.25, -0.2) is 4.39 Å². The number of carbonyl (C=O) groups is 2. The molecular weight excluding hydrogens is 473 g/mol. The van der Waals surface area contributed by atoms with E-state index in [1.807, 2.05) is 23.1 Å². The molecule has 1 aliphatic carbocycles. The number of methoxy groups -OCH3 is 1. The lowest BCUT2D eigenvalue weighted by Crippen LogP contribution is -2.55. The maximum atomic E-state index is 13.7. The quantitative estimate of drug-likeness (QED) is 0.545. The van der Waals surface area contributed by atoms with E-state index >= 15 is 0 Å². The minimum atomic E-state index is -0.564. The molecule has 0 unspecified atom stereocenters. The fourth-order valence-corrected chi connectivity index (χ4v) is 6.27. The number of halogens is 1. The average Bonchev–Trinajstić information content (AvgIpc) is 3.64. The number of ether oxygens (including phenoxy) is 1. The highest BCUT2D eigenvalue weighted by atomic mass is 19.1. The van der Waals surface area contributed by atoms with E-state index in [-0.39, 0.29) is 23.8 Å². The Labute approximate surface area is 215 Å². The molecule has 3 aromatic rings. The van der Waals surface area contributed by atoms with Crippen molar-refractivity contribution in [2.45, 2.75) is 43.6 Å². The van der Waals surface area contributed by atoms with Gasteiger partial charge < -0.3 is 24.6 Å². The van der Waals surface area contributed by atoms with Crippen LogP contribution in [0.1, 0.15) is 59.8 Å². The highest BCUT2D eigenvalue weighted by Crippen LogP contribution is 2.49. The van der Waals surface area contributed by atoms with Gasteiger partial charge in [0, 0.05) is 59.7 Å². The number of amides is 2. The molecule has 1 spiro atoms. The lowest BCUT2D eigenvalue weighted by atomic mass is 9.68. The van der Waals surface area contributed by atoms with E-state index < -0.39 is 11.9 Å². The molecule has 1 atom stereocenters. The zero-order valence-electron chi connectivity index (χ0n) is 21.0. The summed E-state index contributed by atoms with van der Waals surface area (Å²) in [4.78, 5) is 33.8. The molecule has 2 aliphatic heterocycles. The molecular formula is C29H32FN3O4. The van der Waals surface area contributed by atoms with Crippen molar-refractivity contribution in [2.75, 3.05) is 33.4 Å². The number of aromatic amines is 1. The van der Waals surface area contributed by atoms with Gasteiger partial charge in [0.05, 0.1) is 19.8 Å². The van der Waals surface area contributed by atoms with Gasteiger partial charge in [-0.3, -0.25) is 9.59 Å². The van der Waals surface area contributed by atoms with E-state index in [4.69, 9.17) is 4.74 Å². The second kappa shape index (κ2) is 9.17. The first-order chi connectivity index (χ1) is 17.9. The molecule has 0 radical (unpaired) electrons. The molecule has 0 bridgehead atoms. The molecule has 2 aromatic carbocycles. The molecule has 37 heavy (non-hydrogen) atoms. The Morgan fingerprint density at radius 2 is 1.86 bits per heavy atom. The third-order valence-corrected chi connectivity index (χ3v) is 8.51. The summed E-state index contributed by atoms with van der Waals surface area (Å²) in [5.41, 5.74) is 2.85. The van der Waals surface area contributed by atoms with Gasteiger partial charge in [0.25, 0.3) is 5.91 Å². The van der Waals surface area contributed by atoms with Crippen LogP contribution in [0.2, 0.25) is 0 Å². The number of aliphatic hydroxyl groups is 1. The van der Waals surface area contributed by atoms with Crippen LogP contribution >= 0.6 is 0 Å². The fourth-order valence-electron chi connectivity index (χ4n) is 6.27. The van der Waals surface area contributed by atoms with Crippen LogP contribution in [0.15, 0.2) is 42.5 Å². The number of nitrogens with one attached hydrogen (secondary N) is 1. The number of fused-ring (bicyclic) bond motifs is 4. The van der Waals surface area contributed by atoms with Crippen molar-refractivity contribution in [3.05, 3.63) is 65.1 Å². The zero-order chi connectivity index (χ0) is 25.7. The summed E-state index contributed by atoms with van der Waals surface area (Å²) in [6.07, 6.45) is 4.37. The van der Waals surface area contributed by atoms with Gasteiger partial charge >= 0.3 is 0 Å². The number of benzene rings is 2. The van der Waals surface area contributed by atoms with Gasteiger partial charge in [0.1, 0.15) is 11.6 Å². The Kier molecular flexibility index (Phi) is 5.94. The molecule has 3 heterocycles. The molecule has 1 aromatic heterocycles. The second-order valence-corrected chi connectivity index (χ2v) is 10.8. The standard InChI is InChI=1S/C29H32FN3O4/c1-37-21-8-9-22-23(15-21)31-27-24(16-34)33(28(36)19-4-6-20(30)7-5-19)17-29(26(22)27)10-12-32(13-11-29)25(35)14-18-2-3-18/h4-9,15,18,24,31,34H,2-3,10-14,16-17H2,1H3/t24-/m0/s1. The summed E-state index contributed by atoms with van der Waals surface area (Å²) in [6, 6.07) is 10.9. The van der Waals surface area contributed by atoms with Crippen molar-refractivity contribution >= 4 is 22.7 Å². The van der Waals surface area contributed by atoms with Crippen LogP contribution in [0.3, 0.4) is 0 Å². The summed E-state index contributed by atoms with van der Waals surface area (Å²) < 4.78 is 19.0. The monoisotopic (exact) mass is 505 g/mol. The first-order valence-electron chi connectivity index (χ1n) is 13.1. The summed E-state index contributed by atoms with van der Waals surface area (Å²) in [7, 11) is 1.62. The molecule has 2 fully saturated rings. The molecule has 8 heteroatoms. The third kappa shape index (κ3) is 4.17. The predicted molar refractivity (Wildman–Crippen MR) is 137 cm³/mol. The Balaban J connectivity index is 1.41. The van der Waals surface area contributed by atoms with E-state index in [0.717, 1.165) is 53.6 Å². The molecule has 2 N–H and O–H groups in total. The molecule has 2 amide bonds. The Morgan fingerprint density at radius 1 is 1.14 bits per heavy atom. The molecule has 1 saturated heterocycles. The van der Waals surface area contributed by atoms with Gasteiger partial charge in [-0.15, -0.1) is 0 Å². The Hall–Kier alpha value is -3.39. The lowest BCUT2D eigenvalue weighted by molar-refractivity contribution is -0.133.